The number of unbranched alkanes of at least 4 members (excludes halogenated alkanes) is 1. The molecule has 0 bridgehead atoms. The summed E-state index contributed by atoms with van der Waals surface area (Å²) in [6.07, 6.45) is 13.4. The first-order chi connectivity index (χ1) is 8.34. The summed E-state index contributed by atoms with van der Waals surface area (Å²) in [6, 6.07) is 0.129. The molecule has 0 spiro atoms. The van der Waals surface area contributed by atoms with Crippen molar-refractivity contribution < 1.29 is 4.79 Å². The van der Waals surface area contributed by atoms with E-state index in [2.05, 4.69) is 5.32 Å². The SMILES string of the molecule is O=C(CCCC[C@@H]1CCSS1)NC1C=CC=C1. The highest BCUT2D eigenvalue weighted by Crippen LogP contribution is 2.39. The molecule has 0 unspecified atom stereocenters. The molecule has 0 aromatic rings. The molecule has 0 aromatic heterocycles. The average molecular weight is 269 g/mol. The monoisotopic (exact) mass is 269 g/mol. The standard InChI is InChI=1S/C13H19NOS2/c15-13(14-11-5-1-2-6-11)8-4-3-7-12-9-10-16-17-12/h1-2,5-6,11-12H,3-4,7-10H2,(H,14,15)/t12-/m1/s1. The summed E-state index contributed by atoms with van der Waals surface area (Å²) < 4.78 is 0. The number of carbonyl (C=O) groups is 1. The molecule has 1 aliphatic heterocycles. The van der Waals surface area contributed by atoms with Crippen molar-refractivity contribution in [1.29, 1.82) is 0 Å². The van der Waals surface area contributed by atoms with Gasteiger partial charge in [-0.1, -0.05) is 52.3 Å². The molecule has 1 N–H and O–H groups in total. The lowest BCUT2D eigenvalue weighted by molar-refractivity contribution is -0.121. The number of nitrogens with one attached hydrogen (secondary N) is 1. The molecular weight excluding hydrogens is 250 g/mol. The zero-order chi connectivity index (χ0) is 11.9. The third kappa shape index (κ3) is 4.80. The molecule has 0 saturated carbocycles. The van der Waals surface area contributed by atoms with Gasteiger partial charge in [-0.2, -0.15) is 0 Å². The fourth-order valence-electron chi connectivity index (χ4n) is 2.01. The van der Waals surface area contributed by atoms with E-state index in [9.17, 15) is 4.79 Å². The zero-order valence-corrected chi connectivity index (χ0v) is 11.6. The minimum atomic E-state index is 0.129. The molecule has 1 atom stereocenters. The van der Waals surface area contributed by atoms with Crippen LogP contribution >= 0.6 is 21.6 Å². The number of rotatable bonds is 6. The number of allylic oxidation sites excluding steroid dienone is 2. The second-order valence-electron chi connectivity index (χ2n) is 4.44. The van der Waals surface area contributed by atoms with E-state index >= 15 is 0 Å². The number of carbonyl (C=O) groups excluding carboxylic acids is 1. The molecule has 0 radical (unpaired) electrons. The molecule has 2 nitrogen and oxygen atoms in total. The first kappa shape index (κ1) is 13.1. The van der Waals surface area contributed by atoms with Gasteiger partial charge in [0, 0.05) is 17.4 Å². The van der Waals surface area contributed by atoms with Gasteiger partial charge in [-0.05, 0) is 19.3 Å². The first-order valence-electron chi connectivity index (χ1n) is 6.27. The highest BCUT2D eigenvalue weighted by Gasteiger charge is 2.16. The molecule has 1 aliphatic carbocycles. The van der Waals surface area contributed by atoms with Gasteiger partial charge in [0.1, 0.15) is 0 Å². The van der Waals surface area contributed by atoms with Crippen LogP contribution < -0.4 is 5.32 Å². The minimum Gasteiger partial charge on any atom is -0.346 e. The Kier molecular flexibility index (Phi) is 5.52. The van der Waals surface area contributed by atoms with Crippen molar-refractivity contribution >= 4 is 27.5 Å². The van der Waals surface area contributed by atoms with Crippen molar-refractivity contribution in [3.8, 4) is 0 Å². The Morgan fingerprint density at radius 1 is 1.29 bits per heavy atom. The van der Waals surface area contributed by atoms with Crippen LogP contribution in [0.25, 0.3) is 0 Å². The van der Waals surface area contributed by atoms with E-state index in [0.29, 0.717) is 6.42 Å². The Morgan fingerprint density at radius 2 is 2.12 bits per heavy atom. The van der Waals surface area contributed by atoms with Crippen LogP contribution in [0.1, 0.15) is 32.1 Å². The van der Waals surface area contributed by atoms with Crippen LogP contribution in [0.3, 0.4) is 0 Å². The highest BCUT2D eigenvalue weighted by atomic mass is 33.1. The Hall–Kier alpha value is -0.350. The Bertz CT molecular complexity index is 297. The normalized spacial score (nSPS) is 23.4. The summed E-state index contributed by atoms with van der Waals surface area (Å²) in [5.74, 6) is 1.48. The maximum absolute atomic E-state index is 11.6. The average Bonchev–Trinajstić information content (AvgIpc) is 2.96. The molecular formula is C13H19NOS2. The Labute approximate surface area is 111 Å². The van der Waals surface area contributed by atoms with E-state index in [-0.39, 0.29) is 11.9 Å². The van der Waals surface area contributed by atoms with Gasteiger partial charge in [-0.25, -0.2) is 0 Å². The molecule has 2 aliphatic rings. The second-order valence-corrected chi connectivity index (χ2v) is 7.23. The van der Waals surface area contributed by atoms with Gasteiger partial charge in [-0.15, -0.1) is 0 Å². The van der Waals surface area contributed by atoms with E-state index in [1.165, 1.54) is 25.0 Å². The molecule has 1 amide bonds. The predicted octanol–water partition coefficient (Wildman–Crippen LogP) is 3.31. The number of hydrogen-bond acceptors (Lipinski definition) is 3. The summed E-state index contributed by atoms with van der Waals surface area (Å²) in [5.41, 5.74) is 0. The smallest absolute Gasteiger partial charge is 0.220 e. The molecule has 2 rings (SSSR count). The van der Waals surface area contributed by atoms with Crippen molar-refractivity contribution in [2.24, 2.45) is 0 Å². The van der Waals surface area contributed by atoms with Crippen molar-refractivity contribution in [1.82, 2.24) is 5.32 Å². The third-order valence-electron chi connectivity index (χ3n) is 2.98. The molecule has 1 heterocycles. The van der Waals surface area contributed by atoms with Gasteiger partial charge < -0.3 is 5.32 Å². The summed E-state index contributed by atoms with van der Waals surface area (Å²) in [7, 11) is 4.02. The van der Waals surface area contributed by atoms with Crippen LogP contribution in [-0.4, -0.2) is 23.0 Å². The topological polar surface area (TPSA) is 29.1 Å². The fraction of sp³-hybridized carbons (Fsp3) is 0.615. The van der Waals surface area contributed by atoms with E-state index < -0.39 is 0 Å². The van der Waals surface area contributed by atoms with Crippen molar-refractivity contribution in [3.05, 3.63) is 24.3 Å². The fourth-order valence-corrected chi connectivity index (χ4v) is 5.04. The summed E-state index contributed by atoms with van der Waals surface area (Å²) in [4.78, 5) is 11.6. The largest absolute Gasteiger partial charge is 0.346 e. The van der Waals surface area contributed by atoms with Gasteiger partial charge in [-0.3, -0.25) is 4.79 Å². The number of hydrogen-bond donors (Lipinski definition) is 1. The molecule has 94 valence electrons. The maximum atomic E-state index is 11.6. The highest BCUT2D eigenvalue weighted by molar-refractivity contribution is 8.77. The van der Waals surface area contributed by atoms with Crippen LogP contribution in [0.2, 0.25) is 0 Å². The van der Waals surface area contributed by atoms with Crippen LogP contribution in [-0.2, 0) is 4.79 Å². The van der Waals surface area contributed by atoms with Crippen LogP contribution in [0.4, 0.5) is 0 Å². The third-order valence-corrected chi connectivity index (χ3v) is 5.99. The van der Waals surface area contributed by atoms with Gasteiger partial charge in [0.25, 0.3) is 0 Å². The molecule has 17 heavy (non-hydrogen) atoms. The molecule has 1 saturated heterocycles. The van der Waals surface area contributed by atoms with Crippen molar-refractivity contribution in [3.63, 3.8) is 0 Å². The summed E-state index contributed by atoms with van der Waals surface area (Å²) in [5, 5.41) is 3.82. The zero-order valence-electron chi connectivity index (χ0n) is 9.93. The predicted molar refractivity (Wildman–Crippen MR) is 77.1 cm³/mol. The lowest BCUT2D eigenvalue weighted by atomic mass is 10.1. The quantitative estimate of drug-likeness (QED) is 0.592. The Morgan fingerprint density at radius 3 is 2.82 bits per heavy atom. The van der Waals surface area contributed by atoms with Gasteiger partial charge in [0.05, 0.1) is 6.04 Å². The molecule has 0 aromatic carbocycles. The summed E-state index contributed by atoms with van der Waals surface area (Å²) in [6.45, 7) is 0. The van der Waals surface area contributed by atoms with Crippen LogP contribution in [0.15, 0.2) is 24.3 Å². The Balaban J connectivity index is 1.50. The van der Waals surface area contributed by atoms with E-state index in [1.807, 2.05) is 45.9 Å². The number of amides is 1. The van der Waals surface area contributed by atoms with Gasteiger partial charge in [0.15, 0.2) is 0 Å². The lowest BCUT2D eigenvalue weighted by Crippen LogP contribution is -2.30. The minimum absolute atomic E-state index is 0.129. The first-order valence-corrected chi connectivity index (χ1v) is 8.65. The van der Waals surface area contributed by atoms with Crippen molar-refractivity contribution in [2.75, 3.05) is 5.75 Å². The van der Waals surface area contributed by atoms with E-state index in [1.54, 1.807) is 0 Å². The molecule has 1 fully saturated rings. The molecule has 4 heteroatoms. The van der Waals surface area contributed by atoms with Crippen LogP contribution in [0, 0.1) is 0 Å². The van der Waals surface area contributed by atoms with Gasteiger partial charge in [0.2, 0.25) is 5.91 Å². The summed E-state index contributed by atoms with van der Waals surface area (Å²) >= 11 is 0. The van der Waals surface area contributed by atoms with Crippen molar-refractivity contribution in [2.45, 2.75) is 43.4 Å². The second kappa shape index (κ2) is 7.17. The lowest BCUT2D eigenvalue weighted by Gasteiger charge is -2.09. The maximum Gasteiger partial charge on any atom is 0.220 e. The van der Waals surface area contributed by atoms with E-state index in [0.717, 1.165) is 11.7 Å². The van der Waals surface area contributed by atoms with Crippen LogP contribution in [0.5, 0.6) is 0 Å². The van der Waals surface area contributed by atoms with Gasteiger partial charge >= 0.3 is 0 Å². The van der Waals surface area contributed by atoms with E-state index in [4.69, 9.17) is 0 Å².